The van der Waals surface area contributed by atoms with Gasteiger partial charge in [0.25, 0.3) is 0 Å². The molecule has 0 N–H and O–H groups in total. The second-order valence-corrected chi connectivity index (χ2v) is 5.45. The van der Waals surface area contributed by atoms with E-state index in [1.54, 1.807) is 0 Å². The molecule has 0 saturated heterocycles. The Morgan fingerprint density at radius 2 is 1.59 bits per heavy atom. The standard InChI is InChI=1S/C13H20O4/c1-7-5-9-6-10(7)8(2)13(9,11(14)16-3)12(15)17-4/h7-10H,5-6H2,1-4H3. The third-order valence-electron chi connectivity index (χ3n) is 4.99. The Labute approximate surface area is 102 Å². The average molecular weight is 240 g/mol. The largest absolute Gasteiger partial charge is 0.468 e. The summed E-state index contributed by atoms with van der Waals surface area (Å²) in [5.41, 5.74) is -1.05. The molecule has 2 aliphatic rings. The Morgan fingerprint density at radius 1 is 1.06 bits per heavy atom. The Balaban J connectivity index is 2.43. The summed E-state index contributed by atoms with van der Waals surface area (Å²) in [4.78, 5) is 24.2. The van der Waals surface area contributed by atoms with E-state index in [0.717, 1.165) is 12.8 Å². The molecule has 0 aromatic carbocycles. The monoisotopic (exact) mass is 240 g/mol. The van der Waals surface area contributed by atoms with Crippen molar-refractivity contribution >= 4 is 11.9 Å². The van der Waals surface area contributed by atoms with Gasteiger partial charge in [0.05, 0.1) is 14.2 Å². The van der Waals surface area contributed by atoms with Gasteiger partial charge in [-0.2, -0.15) is 0 Å². The van der Waals surface area contributed by atoms with Crippen LogP contribution in [0.4, 0.5) is 0 Å². The van der Waals surface area contributed by atoms with E-state index in [1.807, 2.05) is 6.92 Å². The first-order valence-corrected chi connectivity index (χ1v) is 6.16. The zero-order chi connectivity index (χ0) is 12.8. The number of carbonyl (C=O) groups excluding carboxylic acids is 2. The number of ether oxygens (including phenoxy) is 2. The minimum Gasteiger partial charge on any atom is -0.468 e. The Morgan fingerprint density at radius 3 is 1.94 bits per heavy atom. The lowest BCUT2D eigenvalue weighted by atomic mass is 9.64. The van der Waals surface area contributed by atoms with Gasteiger partial charge in [-0.05, 0) is 36.5 Å². The third kappa shape index (κ3) is 1.36. The summed E-state index contributed by atoms with van der Waals surface area (Å²) in [6.45, 7) is 4.17. The predicted molar refractivity (Wildman–Crippen MR) is 61.0 cm³/mol. The number of hydrogen-bond donors (Lipinski definition) is 0. The van der Waals surface area contributed by atoms with Crippen molar-refractivity contribution < 1.29 is 19.1 Å². The van der Waals surface area contributed by atoms with Crippen LogP contribution in [0, 0.1) is 29.1 Å². The van der Waals surface area contributed by atoms with Gasteiger partial charge >= 0.3 is 11.9 Å². The highest BCUT2D eigenvalue weighted by atomic mass is 16.5. The van der Waals surface area contributed by atoms with Gasteiger partial charge in [0, 0.05) is 0 Å². The molecule has 4 nitrogen and oxygen atoms in total. The minimum absolute atomic E-state index is 0.0103. The van der Waals surface area contributed by atoms with Crippen molar-refractivity contribution in [3.8, 4) is 0 Å². The molecule has 2 bridgehead atoms. The van der Waals surface area contributed by atoms with Crippen LogP contribution < -0.4 is 0 Å². The maximum absolute atomic E-state index is 12.1. The number of rotatable bonds is 2. The van der Waals surface area contributed by atoms with Crippen LogP contribution in [0.3, 0.4) is 0 Å². The summed E-state index contributed by atoms with van der Waals surface area (Å²) in [5.74, 6) is 0.261. The number of methoxy groups -OCH3 is 2. The number of esters is 2. The average Bonchev–Trinajstić information content (AvgIpc) is 2.82. The highest BCUT2D eigenvalue weighted by Crippen LogP contribution is 2.62. The van der Waals surface area contributed by atoms with Crippen LogP contribution >= 0.6 is 0 Å². The molecule has 4 atom stereocenters. The van der Waals surface area contributed by atoms with Crippen molar-refractivity contribution in [3.63, 3.8) is 0 Å². The van der Waals surface area contributed by atoms with Gasteiger partial charge in [0.1, 0.15) is 0 Å². The molecule has 2 saturated carbocycles. The maximum atomic E-state index is 12.1. The van der Waals surface area contributed by atoms with E-state index < -0.39 is 17.4 Å². The second kappa shape index (κ2) is 4.00. The van der Waals surface area contributed by atoms with Crippen LogP contribution in [0.25, 0.3) is 0 Å². The Bertz CT molecular complexity index is 329. The fraction of sp³-hybridized carbons (Fsp3) is 0.846. The lowest BCUT2D eigenvalue weighted by Gasteiger charge is -2.39. The lowest BCUT2D eigenvalue weighted by Crippen LogP contribution is -2.51. The maximum Gasteiger partial charge on any atom is 0.323 e. The summed E-state index contributed by atoms with van der Waals surface area (Å²) < 4.78 is 9.76. The van der Waals surface area contributed by atoms with E-state index >= 15 is 0 Å². The molecule has 0 heterocycles. The summed E-state index contributed by atoms with van der Waals surface area (Å²) in [7, 11) is 2.68. The van der Waals surface area contributed by atoms with Crippen LogP contribution in [0.2, 0.25) is 0 Å². The molecule has 0 aromatic heterocycles. The minimum atomic E-state index is -1.05. The Kier molecular flexibility index (Phi) is 2.92. The van der Waals surface area contributed by atoms with Gasteiger partial charge in [-0.25, -0.2) is 0 Å². The summed E-state index contributed by atoms with van der Waals surface area (Å²) in [5, 5.41) is 0. The van der Waals surface area contributed by atoms with E-state index in [-0.39, 0.29) is 11.8 Å². The molecule has 2 rings (SSSR count). The van der Waals surface area contributed by atoms with Gasteiger partial charge in [-0.1, -0.05) is 13.8 Å². The summed E-state index contributed by atoms with van der Waals surface area (Å²) >= 11 is 0. The SMILES string of the molecule is COC(=O)C1(C(=O)OC)C2CC(C)C(C2)C1C. The molecule has 17 heavy (non-hydrogen) atoms. The molecule has 0 amide bonds. The van der Waals surface area contributed by atoms with Crippen molar-refractivity contribution in [1.82, 2.24) is 0 Å². The molecule has 2 fully saturated rings. The van der Waals surface area contributed by atoms with Crippen molar-refractivity contribution in [1.29, 1.82) is 0 Å². The molecule has 0 aromatic rings. The molecule has 0 spiro atoms. The van der Waals surface area contributed by atoms with Gasteiger partial charge in [0.2, 0.25) is 0 Å². The molecule has 0 aliphatic heterocycles. The van der Waals surface area contributed by atoms with Crippen molar-refractivity contribution in [2.24, 2.45) is 29.1 Å². The molecule has 96 valence electrons. The third-order valence-corrected chi connectivity index (χ3v) is 4.99. The van der Waals surface area contributed by atoms with E-state index in [9.17, 15) is 9.59 Å². The van der Waals surface area contributed by atoms with Crippen molar-refractivity contribution in [2.75, 3.05) is 14.2 Å². The van der Waals surface area contributed by atoms with Crippen LogP contribution in [-0.2, 0) is 19.1 Å². The van der Waals surface area contributed by atoms with Gasteiger partial charge in [0.15, 0.2) is 5.41 Å². The first-order valence-electron chi connectivity index (χ1n) is 6.16. The fourth-order valence-corrected chi connectivity index (χ4v) is 4.19. The number of carbonyl (C=O) groups is 2. The smallest absolute Gasteiger partial charge is 0.323 e. The Hall–Kier alpha value is -1.06. The zero-order valence-electron chi connectivity index (χ0n) is 10.9. The predicted octanol–water partition coefficient (Wildman–Crippen LogP) is 1.63. The van der Waals surface area contributed by atoms with Crippen LogP contribution in [0.15, 0.2) is 0 Å². The summed E-state index contributed by atoms with van der Waals surface area (Å²) in [6, 6.07) is 0. The normalized spacial score (nSPS) is 37.9. The van der Waals surface area contributed by atoms with Gasteiger partial charge < -0.3 is 9.47 Å². The van der Waals surface area contributed by atoms with Crippen molar-refractivity contribution in [2.45, 2.75) is 26.7 Å². The molecular weight excluding hydrogens is 220 g/mol. The zero-order valence-corrected chi connectivity index (χ0v) is 10.9. The van der Waals surface area contributed by atoms with E-state index in [0.29, 0.717) is 11.8 Å². The molecular formula is C13H20O4. The van der Waals surface area contributed by atoms with Crippen LogP contribution in [0.1, 0.15) is 26.7 Å². The quantitative estimate of drug-likeness (QED) is 0.544. The molecule has 0 radical (unpaired) electrons. The topological polar surface area (TPSA) is 52.6 Å². The van der Waals surface area contributed by atoms with Gasteiger partial charge in [-0.3, -0.25) is 9.59 Å². The highest BCUT2D eigenvalue weighted by molar-refractivity contribution is 6.01. The molecule has 2 aliphatic carbocycles. The lowest BCUT2D eigenvalue weighted by molar-refractivity contribution is -0.178. The fourth-order valence-electron chi connectivity index (χ4n) is 4.19. The van der Waals surface area contributed by atoms with E-state index in [4.69, 9.17) is 9.47 Å². The van der Waals surface area contributed by atoms with Gasteiger partial charge in [-0.15, -0.1) is 0 Å². The number of hydrogen-bond acceptors (Lipinski definition) is 4. The van der Waals surface area contributed by atoms with Crippen LogP contribution in [0.5, 0.6) is 0 Å². The first-order chi connectivity index (χ1) is 7.99. The highest BCUT2D eigenvalue weighted by Gasteiger charge is 2.68. The van der Waals surface area contributed by atoms with Crippen LogP contribution in [-0.4, -0.2) is 26.2 Å². The second-order valence-electron chi connectivity index (χ2n) is 5.45. The summed E-state index contributed by atoms with van der Waals surface area (Å²) in [6.07, 6.45) is 1.85. The van der Waals surface area contributed by atoms with E-state index in [1.165, 1.54) is 14.2 Å². The molecule has 4 heteroatoms. The first kappa shape index (κ1) is 12.4. The molecule has 4 unspecified atom stereocenters. The number of fused-ring (bicyclic) bond motifs is 2. The van der Waals surface area contributed by atoms with Crippen molar-refractivity contribution in [3.05, 3.63) is 0 Å². The van der Waals surface area contributed by atoms with E-state index in [2.05, 4.69) is 6.92 Å².